The Morgan fingerprint density at radius 1 is 1.28 bits per heavy atom. The Balaban J connectivity index is 2.37. The van der Waals surface area contributed by atoms with Gasteiger partial charge in [-0.25, -0.2) is 4.39 Å². The van der Waals surface area contributed by atoms with Crippen LogP contribution in [0.25, 0.3) is 0 Å². The van der Waals surface area contributed by atoms with E-state index in [1.807, 2.05) is 0 Å². The molecule has 6 heteroatoms. The molecular weight excluding hydrogens is 238 g/mol. The summed E-state index contributed by atoms with van der Waals surface area (Å²) in [5.74, 6) is 0.100. The molecule has 0 unspecified atom stereocenters. The molecule has 0 aromatic heterocycles. The summed E-state index contributed by atoms with van der Waals surface area (Å²) >= 11 is 0. The molecule has 2 N–H and O–H groups in total. The molecule has 0 atom stereocenters. The van der Waals surface area contributed by atoms with Gasteiger partial charge in [0.05, 0.1) is 6.61 Å². The first-order valence-corrected chi connectivity index (χ1v) is 5.87. The molecule has 0 radical (unpaired) electrons. The van der Waals surface area contributed by atoms with E-state index in [-0.39, 0.29) is 5.46 Å². The summed E-state index contributed by atoms with van der Waals surface area (Å²) in [5, 5.41) is 17.7. The molecule has 0 aliphatic rings. The van der Waals surface area contributed by atoms with Gasteiger partial charge in [-0.05, 0) is 12.0 Å². The molecule has 100 valence electrons. The first-order valence-electron chi connectivity index (χ1n) is 5.87. The lowest BCUT2D eigenvalue weighted by atomic mass is 9.80. The largest absolute Gasteiger partial charge is 0.491 e. The summed E-state index contributed by atoms with van der Waals surface area (Å²) in [6, 6.07) is 3.89. The Bertz CT molecular complexity index is 371. The van der Waals surface area contributed by atoms with Crippen molar-refractivity contribution in [2.45, 2.75) is 13.8 Å². The molecular formula is C12H18BFO4. The van der Waals surface area contributed by atoms with Gasteiger partial charge >= 0.3 is 7.12 Å². The van der Waals surface area contributed by atoms with Crippen LogP contribution in [0.1, 0.15) is 13.8 Å². The Hall–Kier alpha value is -1.11. The van der Waals surface area contributed by atoms with Crippen LogP contribution in [0.2, 0.25) is 0 Å². The molecule has 0 heterocycles. The van der Waals surface area contributed by atoms with E-state index in [4.69, 9.17) is 19.5 Å². The lowest BCUT2D eigenvalue weighted by Gasteiger charge is -2.09. The zero-order chi connectivity index (χ0) is 13.5. The van der Waals surface area contributed by atoms with Crippen molar-refractivity contribution < 1.29 is 23.9 Å². The third-order valence-electron chi connectivity index (χ3n) is 2.20. The number of halogens is 1. The predicted molar refractivity (Wildman–Crippen MR) is 67.4 cm³/mol. The van der Waals surface area contributed by atoms with E-state index in [1.54, 1.807) is 0 Å². The van der Waals surface area contributed by atoms with Crippen LogP contribution in [0.4, 0.5) is 4.39 Å². The first-order chi connectivity index (χ1) is 8.50. The zero-order valence-corrected chi connectivity index (χ0v) is 10.6. The normalized spacial score (nSPS) is 10.8. The van der Waals surface area contributed by atoms with Gasteiger partial charge in [0.15, 0.2) is 0 Å². The molecule has 0 aliphatic heterocycles. The third-order valence-corrected chi connectivity index (χ3v) is 2.20. The molecule has 1 aromatic carbocycles. The monoisotopic (exact) mass is 256 g/mol. The maximum absolute atomic E-state index is 13.4. The van der Waals surface area contributed by atoms with Gasteiger partial charge in [-0.3, -0.25) is 0 Å². The lowest BCUT2D eigenvalue weighted by Crippen LogP contribution is -2.32. The van der Waals surface area contributed by atoms with Crippen molar-refractivity contribution in [1.82, 2.24) is 0 Å². The maximum Gasteiger partial charge on any atom is 0.491 e. The zero-order valence-electron chi connectivity index (χ0n) is 10.6. The van der Waals surface area contributed by atoms with E-state index >= 15 is 0 Å². The van der Waals surface area contributed by atoms with Gasteiger partial charge in [-0.1, -0.05) is 19.9 Å². The number of rotatable bonds is 7. The Kier molecular flexibility index (Phi) is 6.11. The van der Waals surface area contributed by atoms with E-state index in [0.29, 0.717) is 31.5 Å². The molecule has 1 rings (SSSR count). The van der Waals surface area contributed by atoms with Gasteiger partial charge in [0, 0.05) is 18.1 Å². The molecule has 0 saturated heterocycles. The van der Waals surface area contributed by atoms with Crippen LogP contribution < -0.4 is 10.2 Å². The quantitative estimate of drug-likeness (QED) is 0.552. The minimum absolute atomic E-state index is 0.168. The number of benzene rings is 1. The van der Waals surface area contributed by atoms with Crippen LogP contribution in [-0.4, -0.2) is 37.0 Å². The molecule has 0 amide bonds. The minimum atomic E-state index is -1.81. The van der Waals surface area contributed by atoms with E-state index in [9.17, 15) is 4.39 Å². The fourth-order valence-electron chi connectivity index (χ4n) is 1.34. The highest BCUT2D eigenvalue weighted by atomic mass is 19.1. The van der Waals surface area contributed by atoms with Gasteiger partial charge in [-0.2, -0.15) is 0 Å². The smallest absolute Gasteiger partial charge is 0.491 e. The lowest BCUT2D eigenvalue weighted by molar-refractivity contribution is 0.0818. The molecule has 0 spiro atoms. The second-order valence-corrected chi connectivity index (χ2v) is 4.37. The maximum atomic E-state index is 13.4. The third kappa shape index (κ3) is 5.04. The van der Waals surface area contributed by atoms with Crippen LogP contribution in [0.5, 0.6) is 5.75 Å². The fourth-order valence-corrected chi connectivity index (χ4v) is 1.34. The van der Waals surface area contributed by atoms with Gasteiger partial charge in [-0.15, -0.1) is 0 Å². The number of ether oxygens (including phenoxy) is 2. The minimum Gasteiger partial charge on any atom is -0.491 e. The van der Waals surface area contributed by atoms with Crippen molar-refractivity contribution in [1.29, 1.82) is 0 Å². The van der Waals surface area contributed by atoms with Gasteiger partial charge in [0.2, 0.25) is 0 Å². The Labute approximate surface area is 106 Å². The van der Waals surface area contributed by atoms with E-state index in [1.165, 1.54) is 12.1 Å². The Morgan fingerprint density at radius 2 is 2.00 bits per heavy atom. The molecule has 1 aromatic rings. The van der Waals surface area contributed by atoms with E-state index in [2.05, 4.69) is 13.8 Å². The van der Waals surface area contributed by atoms with Crippen LogP contribution in [0.15, 0.2) is 18.2 Å². The van der Waals surface area contributed by atoms with Crippen molar-refractivity contribution >= 4 is 12.6 Å². The summed E-state index contributed by atoms with van der Waals surface area (Å²) < 4.78 is 23.9. The average molecular weight is 256 g/mol. The molecule has 4 nitrogen and oxygen atoms in total. The molecule has 0 bridgehead atoms. The van der Waals surface area contributed by atoms with Gasteiger partial charge in [0.1, 0.15) is 18.2 Å². The van der Waals surface area contributed by atoms with Crippen molar-refractivity contribution in [3.63, 3.8) is 0 Å². The van der Waals surface area contributed by atoms with Crippen LogP contribution in [0.3, 0.4) is 0 Å². The van der Waals surface area contributed by atoms with Crippen LogP contribution in [-0.2, 0) is 4.74 Å². The summed E-state index contributed by atoms with van der Waals surface area (Å²) in [6.07, 6.45) is 0. The standard InChI is InChI=1S/C12H18BFO4/c1-9(2)8-17-5-6-18-10-3-4-11(13(15)16)12(14)7-10/h3-4,7,9,15-16H,5-6,8H2,1-2H3. The van der Waals surface area contributed by atoms with Crippen LogP contribution in [0, 0.1) is 11.7 Å². The Morgan fingerprint density at radius 3 is 2.56 bits per heavy atom. The van der Waals surface area contributed by atoms with E-state index < -0.39 is 12.9 Å². The van der Waals surface area contributed by atoms with Crippen molar-refractivity contribution in [2.24, 2.45) is 5.92 Å². The SMILES string of the molecule is CC(C)COCCOc1ccc(B(O)O)c(F)c1. The second kappa shape index (κ2) is 7.36. The van der Waals surface area contributed by atoms with Crippen LogP contribution >= 0.6 is 0 Å². The molecule has 0 aliphatic carbocycles. The second-order valence-electron chi connectivity index (χ2n) is 4.37. The summed E-state index contributed by atoms with van der Waals surface area (Å²) in [5.41, 5.74) is -0.168. The molecule has 0 fully saturated rings. The summed E-state index contributed by atoms with van der Waals surface area (Å²) in [6.45, 7) is 5.52. The average Bonchev–Trinajstić information content (AvgIpc) is 2.27. The molecule has 18 heavy (non-hydrogen) atoms. The fraction of sp³-hybridized carbons (Fsp3) is 0.500. The van der Waals surface area contributed by atoms with Crippen molar-refractivity contribution in [3.05, 3.63) is 24.0 Å². The number of hydrogen-bond donors (Lipinski definition) is 2. The van der Waals surface area contributed by atoms with E-state index in [0.717, 1.165) is 6.07 Å². The van der Waals surface area contributed by atoms with Crippen molar-refractivity contribution in [2.75, 3.05) is 19.8 Å². The highest BCUT2D eigenvalue weighted by Gasteiger charge is 2.16. The summed E-state index contributed by atoms with van der Waals surface area (Å²) in [4.78, 5) is 0. The molecule has 0 saturated carbocycles. The first kappa shape index (κ1) is 15.0. The van der Waals surface area contributed by atoms with Gasteiger partial charge in [0.25, 0.3) is 0 Å². The van der Waals surface area contributed by atoms with Crippen molar-refractivity contribution in [3.8, 4) is 5.75 Å². The van der Waals surface area contributed by atoms with Gasteiger partial charge < -0.3 is 19.5 Å². The highest BCUT2D eigenvalue weighted by Crippen LogP contribution is 2.11. The number of hydrogen-bond acceptors (Lipinski definition) is 4. The summed E-state index contributed by atoms with van der Waals surface area (Å²) in [7, 11) is -1.81. The predicted octanol–water partition coefficient (Wildman–Crippen LogP) is 0.557. The highest BCUT2D eigenvalue weighted by molar-refractivity contribution is 6.58. The topological polar surface area (TPSA) is 58.9 Å².